The van der Waals surface area contributed by atoms with Crippen LogP contribution < -0.4 is 15.4 Å². The highest BCUT2D eigenvalue weighted by Gasteiger charge is 2.44. The number of hydrogen-bond acceptors (Lipinski definition) is 9. The molecule has 1 aliphatic rings. The fraction of sp³-hybridized carbons (Fsp3) is 0.304. The zero-order chi connectivity index (χ0) is 25.9. The molecule has 36 heavy (non-hydrogen) atoms. The first-order valence-corrected chi connectivity index (χ1v) is 12.6. The van der Waals surface area contributed by atoms with Gasteiger partial charge in [-0.05, 0) is 36.4 Å². The third-order valence-corrected chi connectivity index (χ3v) is 7.02. The number of sulfonamides is 1. The van der Waals surface area contributed by atoms with E-state index in [0.29, 0.717) is 11.4 Å². The van der Waals surface area contributed by atoms with Gasteiger partial charge in [-0.3, -0.25) is 9.52 Å². The van der Waals surface area contributed by atoms with Gasteiger partial charge in [0.15, 0.2) is 6.23 Å². The van der Waals surface area contributed by atoms with Gasteiger partial charge in [0.1, 0.15) is 30.2 Å². The van der Waals surface area contributed by atoms with Crippen molar-refractivity contribution in [2.24, 2.45) is 0 Å². The minimum Gasteiger partial charge on any atom is -0.394 e. The van der Waals surface area contributed by atoms with Crippen LogP contribution in [0, 0.1) is 0 Å². The lowest BCUT2D eigenvalue weighted by molar-refractivity contribution is -0.188. The molecule has 6 N–H and O–H groups in total. The van der Waals surface area contributed by atoms with Crippen LogP contribution in [-0.4, -0.2) is 76.6 Å². The number of aromatic nitrogens is 2. The maximum Gasteiger partial charge on any atom is 0.263 e. The molecule has 1 amide bonds. The van der Waals surface area contributed by atoms with Crippen LogP contribution >= 0.6 is 0 Å². The van der Waals surface area contributed by atoms with Gasteiger partial charge in [-0.2, -0.15) is 5.10 Å². The first-order valence-electron chi connectivity index (χ1n) is 11.1. The molecular formula is C23H27N5O7S. The third kappa shape index (κ3) is 5.50. The Bertz CT molecular complexity index is 1280. The lowest BCUT2D eigenvalue weighted by Gasteiger charge is -2.43. The highest BCUT2D eigenvalue weighted by molar-refractivity contribution is 7.92. The van der Waals surface area contributed by atoms with Crippen LogP contribution in [0.15, 0.2) is 71.8 Å². The zero-order valence-corrected chi connectivity index (χ0v) is 20.0. The van der Waals surface area contributed by atoms with Crippen molar-refractivity contribution >= 4 is 27.4 Å². The number of carbonyl (C=O) groups excluding carboxylic acids is 1. The monoisotopic (exact) mass is 517 g/mol. The van der Waals surface area contributed by atoms with Gasteiger partial charge in [-0.25, -0.2) is 13.1 Å². The molecular weight excluding hydrogens is 490 g/mol. The number of ether oxygens (including phenoxy) is 1. The van der Waals surface area contributed by atoms with Crippen molar-refractivity contribution in [1.29, 1.82) is 0 Å². The molecule has 0 aliphatic carbocycles. The van der Waals surface area contributed by atoms with Gasteiger partial charge < -0.3 is 30.7 Å². The Labute approximate surface area is 207 Å². The van der Waals surface area contributed by atoms with Crippen LogP contribution in [0.1, 0.15) is 6.92 Å². The Morgan fingerprint density at radius 2 is 1.75 bits per heavy atom. The van der Waals surface area contributed by atoms with Crippen LogP contribution in [0.5, 0.6) is 0 Å². The Morgan fingerprint density at radius 1 is 1.06 bits per heavy atom. The molecule has 1 aliphatic heterocycles. The van der Waals surface area contributed by atoms with Gasteiger partial charge in [0.25, 0.3) is 10.0 Å². The van der Waals surface area contributed by atoms with Crippen molar-refractivity contribution in [3.8, 4) is 5.69 Å². The maximum atomic E-state index is 13.0. The Hall–Kier alpha value is -3.49. The summed E-state index contributed by atoms with van der Waals surface area (Å²) in [7, 11) is -3.95. The van der Waals surface area contributed by atoms with E-state index in [-0.39, 0.29) is 10.7 Å². The molecule has 0 saturated carbocycles. The van der Waals surface area contributed by atoms with E-state index in [0.717, 1.165) is 0 Å². The normalized spacial score (nSPS) is 24.2. The van der Waals surface area contributed by atoms with Crippen molar-refractivity contribution in [3.05, 3.63) is 66.9 Å². The molecule has 0 radical (unpaired) electrons. The molecule has 0 bridgehead atoms. The van der Waals surface area contributed by atoms with E-state index in [2.05, 4.69) is 20.5 Å². The summed E-state index contributed by atoms with van der Waals surface area (Å²) in [5, 5.41) is 39.7. The number of aliphatic hydroxyl groups is 3. The van der Waals surface area contributed by atoms with E-state index >= 15 is 0 Å². The third-order valence-electron chi connectivity index (χ3n) is 5.65. The maximum absolute atomic E-state index is 13.0. The number of para-hydroxylation sites is 1. The van der Waals surface area contributed by atoms with Crippen LogP contribution in [0.3, 0.4) is 0 Å². The van der Waals surface area contributed by atoms with Gasteiger partial charge in [0.2, 0.25) is 5.91 Å². The fourth-order valence-corrected chi connectivity index (χ4v) is 4.92. The second kappa shape index (κ2) is 10.6. The quantitative estimate of drug-likeness (QED) is 0.241. The molecule has 12 nitrogen and oxygen atoms in total. The standard InChI is InChI=1S/C23H27N5O7S/c1-14(30)25-20-22(32)21(31)18(13-29)35-23(20)26-15-7-9-17(10-8-15)36(33,34)27-19-11-12-24-28(19)16-5-3-2-4-6-16/h2-12,18,20-23,26-27,29,31-32H,13H2,1H3,(H,25,30)/t18-,20+,21+,22+,23-/m0/s1. The minimum absolute atomic E-state index is 0.0134. The average Bonchev–Trinajstić information content (AvgIpc) is 3.31. The molecule has 5 atom stereocenters. The van der Waals surface area contributed by atoms with Crippen LogP contribution in [-0.2, 0) is 19.6 Å². The zero-order valence-electron chi connectivity index (χ0n) is 19.2. The lowest BCUT2D eigenvalue weighted by Crippen LogP contribution is -2.65. The topological polar surface area (TPSA) is 175 Å². The molecule has 192 valence electrons. The number of carbonyl (C=O) groups is 1. The molecule has 0 unspecified atom stereocenters. The SMILES string of the molecule is CC(=O)N[C@@H]1[C@@H](O)[C@H](O)[C@H](CO)O[C@@H]1Nc1ccc(S(=O)(=O)Nc2ccnn2-c2ccccc2)cc1. The number of hydrogen-bond donors (Lipinski definition) is 6. The van der Waals surface area contributed by atoms with Gasteiger partial charge in [-0.1, -0.05) is 18.2 Å². The van der Waals surface area contributed by atoms with Crippen molar-refractivity contribution < 1.29 is 33.3 Å². The molecule has 2 heterocycles. The van der Waals surface area contributed by atoms with Crippen LogP contribution in [0.2, 0.25) is 0 Å². The number of rotatable bonds is 8. The fourth-order valence-electron chi connectivity index (χ4n) is 3.88. The van der Waals surface area contributed by atoms with Crippen molar-refractivity contribution in [2.45, 2.75) is 42.4 Å². The Kier molecular flexibility index (Phi) is 7.56. The molecule has 1 aromatic heterocycles. The van der Waals surface area contributed by atoms with Gasteiger partial charge >= 0.3 is 0 Å². The summed E-state index contributed by atoms with van der Waals surface area (Å²) in [4.78, 5) is 11.6. The molecule has 1 fully saturated rings. The second-order valence-corrected chi connectivity index (χ2v) is 9.91. The number of anilines is 2. The van der Waals surface area contributed by atoms with E-state index in [9.17, 15) is 28.5 Å². The second-order valence-electron chi connectivity index (χ2n) is 8.22. The van der Waals surface area contributed by atoms with E-state index < -0.39 is 53.1 Å². The van der Waals surface area contributed by atoms with Gasteiger partial charge in [0, 0.05) is 18.7 Å². The number of nitrogens with one attached hydrogen (secondary N) is 3. The number of benzene rings is 2. The molecule has 13 heteroatoms. The number of nitrogens with zero attached hydrogens (tertiary/aromatic N) is 2. The molecule has 3 aromatic rings. The van der Waals surface area contributed by atoms with Crippen LogP contribution in [0.25, 0.3) is 5.69 Å². The average molecular weight is 518 g/mol. The highest BCUT2D eigenvalue weighted by Crippen LogP contribution is 2.25. The van der Waals surface area contributed by atoms with Gasteiger partial charge in [-0.15, -0.1) is 0 Å². The predicted octanol–water partition coefficient (Wildman–Crippen LogP) is 0.0287. The van der Waals surface area contributed by atoms with E-state index in [1.54, 1.807) is 18.2 Å². The van der Waals surface area contributed by atoms with Gasteiger partial charge in [0.05, 0.1) is 23.4 Å². The van der Waals surface area contributed by atoms with E-state index in [1.165, 1.54) is 42.1 Å². The molecule has 2 aromatic carbocycles. The highest BCUT2D eigenvalue weighted by atomic mass is 32.2. The molecule has 1 saturated heterocycles. The summed E-state index contributed by atoms with van der Waals surface area (Å²) in [6.45, 7) is 0.705. The summed E-state index contributed by atoms with van der Waals surface area (Å²) in [5.74, 6) is -0.189. The lowest BCUT2D eigenvalue weighted by atomic mass is 9.96. The van der Waals surface area contributed by atoms with E-state index in [1.807, 2.05) is 18.2 Å². The van der Waals surface area contributed by atoms with Crippen molar-refractivity contribution in [2.75, 3.05) is 16.6 Å². The van der Waals surface area contributed by atoms with Crippen molar-refractivity contribution in [1.82, 2.24) is 15.1 Å². The summed E-state index contributed by atoms with van der Waals surface area (Å²) in [6.07, 6.45) is -3.42. The minimum atomic E-state index is -3.95. The molecule has 0 spiro atoms. The van der Waals surface area contributed by atoms with Crippen molar-refractivity contribution in [3.63, 3.8) is 0 Å². The summed E-state index contributed by atoms with van der Waals surface area (Å²) >= 11 is 0. The smallest absolute Gasteiger partial charge is 0.263 e. The Morgan fingerprint density at radius 3 is 2.39 bits per heavy atom. The van der Waals surface area contributed by atoms with Crippen LogP contribution in [0.4, 0.5) is 11.5 Å². The summed E-state index contributed by atoms with van der Waals surface area (Å²) in [6, 6.07) is 15.3. The molecule has 4 rings (SSSR count). The number of aliphatic hydroxyl groups excluding tert-OH is 3. The summed E-state index contributed by atoms with van der Waals surface area (Å²) in [5.41, 5.74) is 1.11. The number of amides is 1. The first-order chi connectivity index (χ1) is 17.2. The van der Waals surface area contributed by atoms with E-state index in [4.69, 9.17) is 4.74 Å². The Balaban J connectivity index is 1.50. The largest absolute Gasteiger partial charge is 0.394 e. The summed E-state index contributed by atoms with van der Waals surface area (Å²) < 4.78 is 35.6. The first kappa shape index (κ1) is 25.6. The predicted molar refractivity (Wildman–Crippen MR) is 130 cm³/mol.